The number of fused-ring (bicyclic) bond motifs is 1. The van der Waals surface area contributed by atoms with E-state index in [9.17, 15) is 0 Å². The maximum atomic E-state index is 4.79. The Labute approximate surface area is 149 Å². The van der Waals surface area contributed by atoms with Crippen LogP contribution in [0, 0.1) is 25.7 Å². The molecule has 0 fully saturated rings. The Morgan fingerprint density at radius 2 is 1.64 bits per heavy atom. The molecule has 0 radical (unpaired) electrons. The highest BCUT2D eigenvalue weighted by Gasteiger charge is 2.12. The maximum Gasteiger partial charge on any atom is 0.109 e. The zero-order chi connectivity index (χ0) is 17.2. The summed E-state index contributed by atoms with van der Waals surface area (Å²) in [4.78, 5) is 4.79. The first-order valence-corrected chi connectivity index (χ1v) is 8.95. The van der Waals surface area contributed by atoms with Crippen LogP contribution in [0.15, 0.2) is 48.7 Å². The normalized spacial score (nSPS) is 13.0. The van der Waals surface area contributed by atoms with Crippen LogP contribution in [-0.2, 0) is 13.0 Å². The molecular weight excluding hydrogens is 304 g/mol. The van der Waals surface area contributed by atoms with Crippen LogP contribution >= 0.6 is 0 Å². The number of benzene rings is 2. The fourth-order valence-corrected chi connectivity index (χ4v) is 3.24. The van der Waals surface area contributed by atoms with Gasteiger partial charge in [-0.1, -0.05) is 30.0 Å². The van der Waals surface area contributed by atoms with Crippen LogP contribution < -0.4 is 0 Å². The van der Waals surface area contributed by atoms with E-state index >= 15 is 0 Å². The van der Waals surface area contributed by atoms with Gasteiger partial charge in [0, 0.05) is 35.9 Å². The van der Waals surface area contributed by atoms with Gasteiger partial charge in [0.15, 0.2) is 0 Å². The highest BCUT2D eigenvalue weighted by Crippen LogP contribution is 2.22. The quantitative estimate of drug-likeness (QED) is 0.581. The molecule has 0 bridgehead atoms. The lowest BCUT2D eigenvalue weighted by Gasteiger charge is -2.11. The van der Waals surface area contributed by atoms with Gasteiger partial charge in [0.05, 0.1) is 5.69 Å². The van der Waals surface area contributed by atoms with Gasteiger partial charge >= 0.3 is 0 Å². The second kappa shape index (κ2) is 6.61. The average molecular weight is 326 g/mol. The summed E-state index contributed by atoms with van der Waals surface area (Å²) in [7, 11) is 0. The van der Waals surface area contributed by atoms with Gasteiger partial charge in [-0.2, -0.15) is 0 Å². The van der Waals surface area contributed by atoms with E-state index in [1.54, 1.807) is 0 Å². The van der Waals surface area contributed by atoms with Crippen molar-refractivity contribution in [3.63, 3.8) is 0 Å². The number of aryl methyl sites for hydroxylation is 4. The highest BCUT2D eigenvalue weighted by atomic mass is 15.1. The average Bonchev–Trinajstić information content (AvgIpc) is 3.07. The lowest BCUT2D eigenvalue weighted by Crippen LogP contribution is -2.08. The van der Waals surface area contributed by atoms with Crippen molar-refractivity contribution < 1.29 is 0 Å². The van der Waals surface area contributed by atoms with Crippen molar-refractivity contribution >= 4 is 0 Å². The molecule has 0 amide bonds. The lowest BCUT2D eigenvalue weighted by molar-refractivity contribution is 0.522. The maximum absolute atomic E-state index is 4.79. The molecule has 2 nitrogen and oxygen atoms in total. The van der Waals surface area contributed by atoms with Gasteiger partial charge in [0.2, 0.25) is 0 Å². The minimum atomic E-state index is 1.03. The highest BCUT2D eigenvalue weighted by molar-refractivity contribution is 5.60. The van der Waals surface area contributed by atoms with E-state index in [4.69, 9.17) is 4.98 Å². The van der Waals surface area contributed by atoms with Gasteiger partial charge < -0.3 is 4.57 Å². The second-order valence-corrected chi connectivity index (χ2v) is 6.82. The SMILES string of the molecule is Cc1ccc(C#Cc2ccc(-c3cn4c(n3)CCCC4)cc2)cc1C. The minimum absolute atomic E-state index is 1.03. The Balaban J connectivity index is 1.55. The fraction of sp³-hybridized carbons (Fsp3) is 0.261. The number of nitrogens with zero attached hydrogens (tertiary/aromatic N) is 2. The van der Waals surface area contributed by atoms with E-state index in [2.05, 4.69) is 78.9 Å². The Morgan fingerprint density at radius 3 is 2.40 bits per heavy atom. The predicted octanol–water partition coefficient (Wildman–Crippen LogP) is 4.90. The van der Waals surface area contributed by atoms with Crippen LogP contribution in [0.1, 0.15) is 40.9 Å². The molecule has 0 saturated heterocycles. The molecule has 4 rings (SSSR count). The molecule has 124 valence electrons. The first-order valence-electron chi connectivity index (χ1n) is 8.95. The van der Waals surface area contributed by atoms with E-state index in [1.165, 1.54) is 35.4 Å². The second-order valence-electron chi connectivity index (χ2n) is 6.82. The van der Waals surface area contributed by atoms with Crippen molar-refractivity contribution in [3.05, 3.63) is 76.7 Å². The summed E-state index contributed by atoms with van der Waals surface area (Å²) in [5.41, 5.74) is 6.92. The van der Waals surface area contributed by atoms with E-state index in [1.807, 2.05) is 0 Å². The van der Waals surface area contributed by atoms with E-state index in [0.29, 0.717) is 0 Å². The van der Waals surface area contributed by atoms with Crippen molar-refractivity contribution in [3.8, 4) is 23.1 Å². The molecule has 2 heteroatoms. The van der Waals surface area contributed by atoms with Crippen LogP contribution in [-0.4, -0.2) is 9.55 Å². The molecule has 0 aliphatic carbocycles. The van der Waals surface area contributed by atoms with Gasteiger partial charge in [-0.05, 0) is 62.1 Å². The fourth-order valence-electron chi connectivity index (χ4n) is 3.24. The van der Waals surface area contributed by atoms with Crippen LogP contribution in [0.2, 0.25) is 0 Å². The van der Waals surface area contributed by atoms with Crippen LogP contribution in [0.3, 0.4) is 0 Å². The number of hydrogen-bond acceptors (Lipinski definition) is 1. The smallest absolute Gasteiger partial charge is 0.109 e. The van der Waals surface area contributed by atoms with E-state index in [0.717, 1.165) is 29.8 Å². The van der Waals surface area contributed by atoms with E-state index < -0.39 is 0 Å². The Bertz CT molecular complexity index is 942. The van der Waals surface area contributed by atoms with Crippen molar-refractivity contribution in [2.24, 2.45) is 0 Å². The largest absolute Gasteiger partial charge is 0.334 e. The van der Waals surface area contributed by atoms with Gasteiger partial charge in [0.25, 0.3) is 0 Å². The molecule has 25 heavy (non-hydrogen) atoms. The van der Waals surface area contributed by atoms with Crippen LogP contribution in [0.25, 0.3) is 11.3 Å². The molecular formula is C23H22N2. The molecule has 0 saturated carbocycles. The summed E-state index contributed by atoms with van der Waals surface area (Å²) in [6.45, 7) is 5.35. The molecule has 2 aromatic carbocycles. The van der Waals surface area contributed by atoms with Crippen molar-refractivity contribution in [1.82, 2.24) is 9.55 Å². The topological polar surface area (TPSA) is 17.8 Å². The molecule has 1 aliphatic heterocycles. The summed E-state index contributed by atoms with van der Waals surface area (Å²) in [5, 5.41) is 0. The van der Waals surface area contributed by atoms with Gasteiger partial charge in [-0.25, -0.2) is 4.98 Å². The molecule has 1 aromatic heterocycles. The molecule has 1 aliphatic rings. The first kappa shape index (κ1) is 15.7. The van der Waals surface area contributed by atoms with Crippen LogP contribution in [0.4, 0.5) is 0 Å². The summed E-state index contributed by atoms with van der Waals surface area (Å²) in [5.74, 6) is 7.74. The summed E-state index contributed by atoms with van der Waals surface area (Å²) in [6.07, 6.45) is 5.79. The Morgan fingerprint density at radius 1 is 0.880 bits per heavy atom. The summed E-state index contributed by atoms with van der Waals surface area (Å²) in [6, 6.07) is 14.8. The van der Waals surface area contributed by atoms with Crippen LogP contribution in [0.5, 0.6) is 0 Å². The molecule has 0 spiro atoms. The lowest BCUT2D eigenvalue weighted by atomic mass is 10.1. The first-order chi connectivity index (χ1) is 12.2. The number of aromatic nitrogens is 2. The Hall–Kier alpha value is -2.79. The van der Waals surface area contributed by atoms with Gasteiger partial charge in [-0.3, -0.25) is 0 Å². The van der Waals surface area contributed by atoms with Crippen molar-refractivity contribution in [2.75, 3.05) is 0 Å². The zero-order valence-electron chi connectivity index (χ0n) is 14.8. The van der Waals surface area contributed by atoms with Gasteiger partial charge in [0.1, 0.15) is 5.82 Å². The molecule has 0 atom stereocenters. The van der Waals surface area contributed by atoms with E-state index in [-0.39, 0.29) is 0 Å². The number of rotatable bonds is 1. The minimum Gasteiger partial charge on any atom is -0.334 e. The van der Waals surface area contributed by atoms with Crippen molar-refractivity contribution in [2.45, 2.75) is 39.7 Å². The monoisotopic (exact) mass is 326 g/mol. The predicted molar refractivity (Wildman–Crippen MR) is 102 cm³/mol. The Kier molecular flexibility index (Phi) is 4.15. The molecule has 3 aromatic rings. The number of imidazole rings is 1. The third kappa shape index (κ3) is 3.37. The number of hydrogen-bond donors (Lipinski definition) is 0. The zero-order valence-corrected chi connectivity index (χ0v) is 14.8. The van der Waals surface area contributed by atoms with Crippen molar-refractivity contribution in [1.29, 1.82) is 0 Å². The standard InChI is InChI=1S/C23H22N2/c1-17-6-7-20(15-18(17)2)9-8-19-10-12-21(13-11-19)22-16-25-14-4-3-5-23(25)24-22/h6-7,10-13,15-16H,3-5,14H2,1-2H3. The summed E-state index contributed by atoms with van der Waals surface area (Å²) >= 11 is 0. The molecule has 0 N–H and O–H groups in total. The summed E-state index contributed by atoms with van der Waals surface area (Å²) < 4.78 is 2.30. The molecule has 0 unspecified atom stereocenters. The van der Waals surface area contributed by atoms with Gasteiger partial charge in [-0.15, -0.1) is 0 Å². The third-order valence-electron chi connectivity index (χ3n) is 4.95. The third-order valence-corrected chi connectivity index (χ3v) is 4.95. The molecule has 2 heterocycles.